The molecule has 2 N–H and O–H groups in total. The molecule has 4 nitrogen and oxygen atoms in total. The lowest BCUT2D eigenvalue weighted by atomic mass is 9.89. The van der Waals surface area contributed by atoms with Crippen LogP contribution in [0.4, 0.5) is 8.78 Å². The van der Waals surface area contributed by atoms with Crippen molar-refractivity contribution in [3.63, 3.8) is 0 Å². The van der Waals surface area contributed by atoms with Gasteiger partial charge in [0.2, 0.25) is 0 Å². The SMILES string of the molecule is CCC/C=C/B1OC(C)(C)C(C)(C)O1.CCC/C=C/c1cc(C)c(O)c(F)c1.Cc1cc(Br)cc(F)c1O. The van der Waals surface area contributed by atoms with Crippen molar-refractivity contribution in [2.24, 2.45) is 0 Å². The van der Waals surface area contributed by atoms with Crippen LogP contribution in [0.3, 0.4) is 0 Å². The van der Waals surface area contributed by atoms with Gasteiger partial charge in [0, 0.05) is 4.47 Å². The number of aromatic hydroxyl groups is 2. The molecule has 0 amide bonds. The van der Waals surface area contributed by atoms with E-state index in [1.807, 2.05) is 18.1 Å². The topological polar surface area (TPSA) is 58.9 Å². The standard InChI is InChI=1S/C12H15FO.C11H21BO2.C7H6BrFO/c1-3-4-5-6-10-7-9(2)12(14)11(13)8-10;1-6-7-8-9-12-13-10(2,3)11(4,5)14-12;1-4-2-5(8)3-6(9)7(4)10/h5-8,14H,3-4H2,1-2H3;8-9H,6-7H2,1-5H3;2-3,10H,1H3/b6-5+;9-8+;. The highest BCUT2D eigenvalue weighted by Gasteiger charge is 2.49. The Morgan fingerprint density at radius 3 is 1.76 bits per heavy atom. The van der Waals surface area contributed by atoms with Crippen LogP contribution in [0, 0.1) is 25.5 Å². The van der Waals surface area contributed by atoms with Crippen LogP contribution in [0.15, 0.2) is 46.9 Å². The molecule has 8 heteroatoms. The Morgan fingerprint density at radius 1 is 0.816 bits per heavy atom. The Balaban J connectivity index is 0.000000290. The van der Waals surface area contributed by atoms with Crippen LogP contribution in [0.5, 0.6) is 11.5 Å². The van der Waals surface area contributed by atoms with Crippen LogP contribution in [-0.2, 0) is 9.31 Å². The van der Waals surface area contributed by atoms with E-state index in [9.17, 15) is 13.9 Å². The summed E-state index contributed by atoms with van der Waals surface area (Å²) < 4.78 is 37.9. The molecule has 0 unspecified atom stereocenters. The molecule has 2 aromatic rings. The maximum atomic E-state index is 13.1. The molecule has 0 atom stereocenters. The number of unbranched alkanes of at least 4 members (excludes halogenated alkanes) is 2. The number of rotatable bonds is 6. The first-order chi connectivity index (χ1) is 17.6. The van der Waals surface area contributed by atoms with Crippen LogP contribution < -0.4 is 0 Å². The number of benzene rings is 2. The van der Waals surface area contributed by atoms with Gasteiger partial charge in [-0.15, -0.1) is 0 Å². The molecule has 2 aromatic carbocycles. The van der Waals surface area contributed by atoms with Crippen molar-refractivity contribution in [2.75, 3.05) is 0 Å². The second kappa shape index (κ2) is 15.4. The quantitative estimate of drug-likeness (QED) is 0.327. The monoisotopic (exact) mass is 594 g/mol. The number of phenols is 2. The van der Waals surface area contributed by atoms with E-state index in [-0.39, 0.29) is 29.8 Å². The first-order valence-corrected chi connectivity index (χ1v) is 13.8. The zero-order valence-corrected chi connectivity index (χ0v) is 25.5. The van der Waals surface area contributed by atoms with Crippen molar-refractivity contribution in [2.45, 2.75) is 92.3 Å². The molecule has 0 bridgehead atoms. The Morgan fingerprint density at radius 2 is 1.29 bits per heavy atom. The zero-order valence-electron chi connectivity index (χ0n) is 23.9. The van der Waals surface area contributed by atoms with Crippen molar-refractivity contribution in [1.29, 1.82) is 0 Å². The molecular weight excluding hydrogens is 553 g/mol. The molecule has 1 fully saturated rings. The number of aryl methyl sites for hydroxylation is 2. The summed E-state index contributed by atoms with van der Waals surface area (Å²) in [5.41, 5.74) is 1.47. The highest BCUT2D eigenvalue weighted by atomic mass is 79.9. The van der Waals surface area contributed by atoms with E-state index in [4.69, 9.17) is 14.4 Å². The van der Waals surface area contributed by atoms with Crippen molar-refractivity contribution < 1.29 is 28.3 Å². The molecule has 0 radical (unpaired) electrons. The summed E-state index contributed by atoms with van der Waals surface area (Å²) in [5, 5.41) is 18.1. The second-order valence-electron chi connectivity index (χ2n) is 10.3. The first-order valence-electron chi connectivity index (χ1n) is 13.0. The molecule has 1 heterocycles. The van der Waals surface area contributed by atoms with Crippen LogP contribution in [0.1, 0.15) is 83.9 Å². The number of allylic oxidation sites excluding steroid dienone is 2. The lowest BCUT2D eigenvalue weighted by molar-refractivity contribution is 0.00578. The first kappa shape index (κ1) is 33.9. The Hall–Kier alpha value is -2.16. The van der Waals surface area contributed by atoms with Gasteiger partial charge in [-0.3, -0.25) is 0 Å². The van der Waals surface area contributed by atoms with Crippen LogP contribution in [0.25, 0.3) is 6.08 Å². The molecule has 0 aromatic heterocycles. The van der Waals surface area contributed by atoms with Crippen LogP contribution >= 0.6 is 15.9 Å². The smallest absolute Gasteiger partial charge is 0.486 e. The predicted molar refractivity (Wildman–Crippen MR) is 157 cm³/mol. The zero-order chi connectivity index (χ0) is 29.1. The number of phenolic OH excluding ortho intramolecular Hbond substituents is 2. The summed E-state index contributed by atoms with van der Waals surface area (Å²) in [6.45, 7) is 15.9. The summed E-state index contributed by atoms with van der Waals surface area (Å²) in [4.78, 5) is 0. The summed E-state index contributed by atoms with van der Waals surface area (Å²) >= 11 is 3.10. The van der Waals surface area contributed by atoms with E-state index in [2.05, 4.69) is 63.5 Å². The molecule has 0 saturated carbocycles. The normalized spacial score (nSPS) is 15.8. The third-order valence-corrected chi connectivity index (χ3v) is 6.74. The van der Waals surface area contributed by atoms with Gasteiger partial charge in [0.25, 0.3) is 0 Å². The minimum Gasteiger partial charge on any atom is -0.505 e. The summed E-state index contributed by atoms with van der Waals surface area (Å²) in [5.74, 6) is 0.342. The predicted octanol–water partition coefficient (Wildman–Crippen LogP) is 9.23. The van der Waals surface area contributed by atoms with E-state index in [1.165, 1.54) is 12.1 Å². The van der Waals surface area contributed by atoms with Gasteiger partial charge in [-0.25, -0.2) is 8.78 Å². The molecule has 0 spiro atoms. The highest BCUT2D eigenvalue weighted by Crippen LogP contribution is 2.36. The summed E-state index contributed by atoms with van der Waals surface area (Å²) in [6, 6.07) is 5.99. The largest absolute Gasteiger partial charge is 0.505 e. The second-order valence-corrected chi connectivity index (χ2v) is 11.2. The molecule has 38 heavy (non-hydrogen) atoms. The van der Waals surface area contributed by atoms with Gasteiger partial charge in [0.05, 0.1) is 11.2 Å². The lowest BCUT2D eigenvalue weighted by Crippen LogP contribution is -2.41. The molecule has 210 valence electrons. The Kier molecular flexibility index (Phi) is 13.8. The number of halogens is 3. The third kappa shape index (κ3) is 10.5. The lowest BCUT2D eigenvalue weighted by Gasteiger charge is -2.32. The van der Waals surface area contributed by atoms with Gasteiger partial charge in [0.15, 0.2) is 23.1 Å². The van der Waals surface area contributed by atoms with Crippen molar-refractivity contribution >= 4 is 29.1 Å². The van der Waals surface area contributed by atoms with Crippen molar-refractivity contribution in [3.8, 4) is 11.5 Å². The highest BCUT2D eigenvalue weighted by molar-refractivity contribution is 9.10. The average Bonchev–Trinajstić information content (AvgIpc) is 3.02. The fraction of sp³-hybridized carbons (Fsp3) is 0.467. The van der Waals surface area contributed by atoms with Gasteiger partial charge in [-0.1, -0.05) is 66.8 Å². The molecule has 1 aliphatic rings. The molecule has 0 aliphatic carbocycles. The molecular formula is C30H42BBrF2O4. The van der Waals surface area contributed by atoms with E-state index >= 15 is 0 Å². The fourth-order valence-corrected chi connectivity index (χ4v) is 3.83. The van der Waals surface area contributed by atoms with Crippen molar-refractivity contribution in [3.05, 3.63) is 75.2 Å². The van der Waals surface area contributed by atoms with E-state index in [0.29, 0.717) is 15.6 Å². The third-order valence-electron chi connectivity index (χ3n) is 6.28. The van der Waals surface area contributed by atoms with Gasteiger partial charge in [0.1, 0.15) is 0 Å². The Labute approximate surface area is 236 Å². The number of hydrogen-bond acceptors (Lipinski definition) is 4. The van der Waals surface area contributed by atoms with Gasteiger partial charge < -0.3 is 19.5 Å². The minimum absolute atomic E-state index is 0.174. The van der Waals surface area contributed by atoms with Gasteiger partial charge in [-0.05, 0) is 95.3 Å². The fourth-order valence-electron chi connectivity index (χ4n) is 3.28. The van der Waals surface area contributed by atoms with E-state index in [0.717, 1.165) is 31.2 Å². The summed E-state index contributed by atoms with van der Waals surface area (Å²) in [6.07, 6.45) is 10.3. The maximum Gasteiger partial charge on any atom is 0.486 e. The minimum atomic E-state index is -0.591. The molecule has 1 saturated heterocycles. The summed E-state index contributed by atoms with van der Waals surface area (Å²) in [7, 11) is -0.174. The van der Waals surface area contributed by atoms with Gasteiger partial charge in [-0.2, -0.15) is 0 Å². The maximum absolute atomic E-state index is 13.1. The average molecular weight is 595 g/mol. The van der Waals surface area contributed by atoms with E-state index in [1.54, 1.807) is 26.0 Å². The van der Waals surface area contributed by atoms with Crippen LogP contribution in [-0.4, -0.2) is 28.5 Å². The number of hydrogen-bond donors (Lipinski definition) is 2. The van der Waals surface area contributed by atoms with E-state index < -0.39 is 11.6 Å². The molecule has 1 aliphatic heterocycles. The van der Waals surface area contributed by atoms with Crippen molar-refractivity contribution in [1.82, 2.24) is 0 Å². The molecule has 3 rings (SSSR count). The van der Waals surface area contributed by atoms with Crippen LogP contribution in [0.2, 0.25) is 0 Å². The Bertz CT molecular complexity index is 1040. The van der Waals surface area contributed by atoms with Gasteiger partial charge >= 0.3 is 7.12 Å².